The highest BCUT2D eigenvalue weighted by molar-refractivity contribution is 6.32. The van der Waals surface area contributed by atoms with E-state index in [9.17, 15) is 22.8 Å². The molecule has 0 aliphatic heterocycles. The van der Waals surface area contributed by atoms with Crippen LogP contribution in [-0.4, -0.2) is 21.7 Å². The van der Waals surface area contributed by atoms with Gasteiger partial charge in [-0.2, -0.15) is 13.2 Å². The van der Waals surface area contributed by atoms with Crippen molar-refractivity contribution in [2.24, 2.45) is 0 Å². The summed E-state index contributed by atoms with van der Waals surface area (Å²) in [4.78, 5) is 34.0. The number of fused-ring (bicyclic) bond motifs is 1. The third-order valence-corrected chi connectivity index (χ3v) is 5.27. The average Bonchev–Trinajstić information content (AvgIpc) is 2.78. The molecule has 0 aliphatic carbocycles. The molecular formula is C24H14ClF4N3O2. The number of hydrogen-bond donors (Lipinski definition) is 1. The topological polar surface area (TPSA) is 72.0 Å². The van der Waals surface area contributed by atoms with E-state index in [1.807, 2.05) is 0 Å². The van der Waals surface area contributed by atoms with Crippen LogP contribution in [0.15, 0.2) is 60.8 Å². The maximum absolute atomic E-state index is 15.1. The van der Waals surface area contributed by atoms with Crippen LogP contribution in [0.2, 0.25) is 5.02 Å². The van der Waals surface area contributed by atoms with Crippen LogP contribution in [-0.2, 0) is 6.18 Å². The third-order valence-electron chi connectivity index (χ3n) is 4.95. The third kappa shape index (κ3) is 4.60. The van der Waals surface area contributed by atoms with Gasteiger partial charge in [-0.25, -0.2) is 9.37 Å². The molecule has 1 heterocycles. The Labute approximate surface area is 195 Å². The Morgan fingerprint density at radius 1 is 0.971 bits per heavy atom. The van der Waals surface area contributed by atoms with Gasteiger partial charge in [-0.3, -0.25) is 14.6 Å². The molecule has 0 radical (unpaired) electrons. The van der Waals surface area contributed by atoms with E-state index in [1.165, 1.54) is 30.3 Å². The molecule has 0 aliphatic rings. The highest BCUT2D eigenvalue weighted by Crippen LogP contribution is 2.35. The number of anilines is 1. The van der Waals surface area contributed by atoms with E-state index < -0.39 is 34.3 Å². The van der Waals surface area contributed by atoms with Crippen molar-refractivity contribution in [2.75, 3.05) is 5.32 Å². The van der Waals surface area contributed by atoms with Crippen LogP contribution in [0.5, 0.6) is 0 Å². The van der Waals surface area contributed by atoms with E-state index in [0.717, 1.165) is 12.1 Å². The van der Waals surface area contributed by atoms with Gasteiger partial charge in [0.25, 0.3) is 5.91 Å². The number of aromatic nitrogens is 2. The molecule has 0 spiro atoms. The smallest absolute Gasteiger partial charge is 0.319 e. The fourth-order valence-electron chi connectivity index (χ4n) is 3.29. The minimum Gasteiger partial charge on any atom is -0.319 e. The number of rotatable bonds is 4. The molecular weight excluding hydrogens is 474 g/mol. The molecule has 1 aromatic heterocycles. The molecule has 0 bridgehead atoms. The highest BCUT2D eigenvalue weighted by atomic mass is 35.5. The Morgan fingerprint density at radius 2 is 1.71 bits per heavy atom. The second-order valence-electron chi connectivity index (χ2n) is 7.36. The van der Waals surface area contributed by atoms with E-state index in [2.05, 4.69) is 15.3 Å². The quantitative estimate of drug-likeness (QED) is 0.273. The average molecular weight is 488 g/mol. The monoisotopic (exact) mass is 487 g/mol. The minimum absolute atomic E-state index is 0.171. The van der Waals surface area contributed by atoms with E-state index in [4.69, 9.17) is 11.6 Å². The molecule has 0 unspecified atom stereocenters. The molecule has 10 heteroatoms. The number of ketones is 1. The predicted molar refractivity (Wildman–Crippen MR) is 119 cm³/mol. The first-order chi connectivity index (χ1) is 16.0. The molecule has 0 atom stereocenters. The van der Waals surface area contributed by atoms with E-state index in [-0.39, 0.29) is 22.4 Å². The summed E-state index contributed by atoms with van der Waals surface area (Å²) >= 11 is 5.65. The standard InChI is InChI=1S/C24H14ClF4N3O2/c1-12-11-30-18-8-6-13(10-20(18)31-12)22(33)15-3-2-4-19(21(15)26)32-23(34)14-5-7-16(17(25)9-14)24(27,28)29/h2-11H,1H3,(H,32,34). The lowest BCUT2D eigenvalue weighted by Gasteiger charge is -2.12. The van der Waals surface area contributed by atoms with Gasteiger partial charge in [0, 0.05) is 17.3 Å². The van der Waals surface area contributed by atoms with Gasteiger partial charge in [-0.1, -0.05) is 17.7 Å². The Morgan fingerprint density at radius 3 is 2.41 bits per heavy atom. The lowest BCUT2D eigenvalue weighted by molar-refractivity contribution is -0.137. The van der Waals surface area contributed by atoms with Gasteiger partial charge in [-0.15, -0.1) is 0 Å². The fraction of sp³-hybridized carbons (Fsp3) is 0.0833. The van der Waals surface area contributed by atoms with E-state index in [1.54, 1.807) is 19.2 Å². The summed E-state index contributed by atoms with van der Waals surface area (Å²) in [6.45, 7) is 1.75. The number of aryl methyl sites for hydroxylation is 1. The Hall–Kier alpha value is -3.85. The number of alkyl halides is 3. The van der Waals surface area contributed by atoms with Crippen LogP contribution in [0.1, 0.15) is 37.5 Å². The molecule has 0 saturated heterocycles. The van der Waals surface area contributed by atoms with Crippen molar-refractivity contribution in [1.29, 1.82) is 0 Å². The molecule has 1 amide bonds. The molecule has 1 N–H and O–H groups in total. The zero-order valence-electron chi connectivity index (χ0n) is 17.4. The van der Waals surface area contributed by atoms with Gasteiger partial charge in [0.05, 0.1) is 38.6 Å². The molecule has 0 fully saturated rings. The van der Waals surface area contributed by atoms with Crippen molar-refractivity contribution < 1.29 is 27.2 Å². The number of carbonyl (C=O) groups excluding carboxylic acids is 2. The zero-order chi connectivity index (χ0) is 24.6. The van der Waals surface area contributed by atoms with Crippen molar-refractivity contribution >= 4 is 40.0 Å². The molecule has 0 saturated carbocycles. The van der Waals surface area contributed by atoms with Gasteiger partial charge >= 0.3 is 6.18 Å². The van der Waals surface area contributed by atoms with Gasteiger partial charge in [0.1, 0.15) is 0 Å². The zero-order valence-corrected chi connectivity index (χ0v) is 18.1. The maximum atomic E-state index is 15.1. The summed E-state index contributed by atoms with van der Waals surface area (Å²) in [5.41, 5.74) is -0.0711. The first-order valence-corrected chi connectivity index (χ1v) is 10.2. The SMILES string of the molecule is Cc1cnc2ccc(C(=O)c3cccc(NC(=O)c4ccc(C(F)(F)F)c(Cl)c4)c3F)cc2n1. The summed E-state index contributed by atoms with van der Waals surface area (Å²) < 4.78 is 53.7. The van der Waals surface area contributed by atoms with Crippen molar-refractivity contribution in [3.05, 3.63) is 99.6 Å². The van der Waals surface area contributed by atoms with Crippen LogP contribution >= 0.6 is 11.6 Å². The Balaban J connectivity index is 1.61. The lowest BCUT2D eigenvalue weighted by Crippen LogP contribution is -2.15. The predicted octanol–water partition coefficient (Wildman–Crippen LogP) is 6.23. The van der Waals surface area contributed by atoms with Gasteiger partial charge in [-0.05, 0) is 55.5 Å². The van der Waals surface area contributed by atoms with E-state index >= 15 is 4.39 Å². The normalized spacial score (nSPS) is 11.5. The van der Waals surface area contributed by atoms with Gasteiger partial charge in [0.2, 0.25) is 0 Å². The van der Waals surface area contributed by atoms with Crippen LogP contribution in [0.4, 0.5) is 23.2 Å². The highest BCUT2D eigenvalue weighted by Gasteiger charge is 2.33. The number of nitrogens with zero attached hydrogens (tertiary/aromatic N) is 2. The summed E-state index contributed by atoms with van der Waals surface area (Å²) in [6, 6.07) is 10.9. The number of benzene rings is 3. The maximum Gasteiger partial charge on any atom is 0.417 e. The number of hydrogen-bond acceptors (Lipinski definition) is 4. The second kappa shape index (κ2) is 8.83. The number of nitrogens with one attached hydrogen (secondary N) is 1. The molecule has 4 rings (SSSR count). The van der Waals surface area contributed by atoms with E-state index in [0.29, 0.717) is 22.8 Å². The van der Waals surface area contributed by atoms with Crippen molar-refractivity contribution in [3.63, 3.8) is 0 Å². The Bertz CT molecular complexity index is 1450. The Kier molecular flexibility index (Phi) is 6.05. The van der Waals surface area contributed by atoms with Crippen molar-refractivity contribution in [1.82, 2.24) is 9.97 Å². The fourth-order valence-corrected chi connectivity index (χ4v) is 3.57. The molecule has 4 aromatic rings. The van der Waals surface area contributed by atoms with Crippen molar-refractivity contribution in [2.45, 2.75) is 13.1 Å². The number of halogens is 5. The number of amides is 1. The van der Waals surface area contributed by atoms with Crippen LogP contribution < -0.4 is 5.32 Å². The first-order valence-electron chi connectivity index (χ1n) is 9.79. The first kappa shape index (κ1) is 23.3. The van der Waals surface area contributed by atoms with Crippen molar-refractivity contribution in [3.8, 4) is 0 Å². The molecule has 5 nitrogen and oxygen atoms in total. The number of carbonyl (C=O) groups is 2. The van der Waals surface area contributed by atoms with Crippen LogP contribution in [0.25, 0.3) is 11.0 Å². The van der Waals surface area contributed by atoms with Crippen LogP contribution in [0.3, 0.4) is 0 Å². The summed E-state index contributed by atoms with van der Waals surface area (Å²) in [5.74, 6) is -2.53. The lowest BCUT2D eigenvalue weighted by atomic mass is 10.0. The van der Waals surface area contributed by atoms with Crippen LogP contribution in [0, 0.1) is 12.7 Å². The summed E-state index contributed by atoms with van der Waals surface area (Å²) in [5, 5.41) is 1.60. The largest absolute Gasteiger partial charge is 0.417 e. The summed E-state index contributed by atoms with van der Waals surface area (Å²) in [6.07, 6.45) is -3.10. The van der Waals surface area contributed by atoms with Gasteiger partial charge in [0.15, 0.2) is 11.6 Å². The molecule has 172 valence electrons. The molecule has 3 aromatic carbocycles. The van der Waals surface area contributed by atoms with Gasteiger partial charge < -0.3 is 5.32 Å². The second-order valence-corrected chi connectivity index (χ2v) is 7.76. The molecule has 34 heavy (non-hydrogen) atoms. The minimum atomic E-state index is -4.68. The summed E-state index contributed by atoms with van der Waals surface area (Å²) in [7, 11) is 0.